The summed E-state index contributed by atoms with van der Waals surface area (Å²) in [6.07, 6.45) is 3.05. The largest absolute Gasteiger partial charge is 0.347 e. The highest BCUT2D eigenvalue weighted by Gasteiger charge is 2.38. The van der Waals surface area contributed by atoms with E-state index in [2.05, 4.69) is 33.8 Å². The summed E-state index contributed by atoms with van der Waals surface area (Å²) < 4.78 is 11.4. The predicted molar refractivity (Wildman–Crippen MR) is 53.5 cm³/mol. The molecule has 0 aromatic rings. The first kappa shape index (κ1) is 10.7. The van der Waals surface area contributed by atoms with Crippen molar-refractivity contribution in [2.75, 3.05) is 13.2 Å². The topological polar surface area (TPSA) is 18.5 Å². The van der Waals surface area contributed by atoms with Crippen LogP contribution in [-0.2, 0) is 9.47 Å². The van der Waals surface area contributed by atoms with Gasteiger partial charge in [-0.15, -0.1) is 0 Å². The molecule has 0 spiro atoms. The summed E-state index contributed by atoms with van der Waals surface area (Å²) in [4.78, 5) is 0. The van der Waals surface area contributed by atoms with Crippen molar-refractivity contribution in [2.45, 2.75) is 39.9 Å². The molecule has 0 atom stereocenters. The van der Waals surface area contributed by atoms with E-state index in [1.54, 1.807) is 0 Å². The zero-order valence-electron chi connectivity index (χ0n) is 9.09. The molecule has 1 saturated heterocycles. The summed E-state index contributed by atoms with van der Waals surface area (Å²) in [6, 6.07) is 0. The lowest BCUT2D eigenvalue weighted by molar-refractivity contribution is -0.184. The molecule has 0 aromatic heterocycles. The maximum Gasteiger partial charge on any atom is 0.174 e. The number of hydrogen-bond acceptors (Lipinski definition) is 2. The molecule has 0 aliphatic carbocycles. The molecule has 0 unspecified atom stereocenters. The molecule has 0 amide bonds. The molecule has 1 rings (SSSR count). The van der Waals surface area contributed by atoms with E-state index in [9.17, 15) is 0 Å². The Kier molecular flexibility index (Phi) is 3.51. The number of hydrogen-bond donors (Lipinski definition) is 0. The van der Waals surface area contributed by atoms with Gasteiger partial charge in [-0.1, -0.05) is 25.5 Å². The minimum Gasteiger partial charge on any atom is -0.347 e. The van der Waals surface area contributed by atoms with Crippen LogP contribution in [0.5, 0.6) is 0 Å². The van der Waals surface area contributed by atoms with Gasteiger partial charge >= 0.3 is 0 Å². The minimum atomic E-state index is -0.350. The number of rotatable bonds is 3. The third-order valence-electron chi connectivity index (χ3n) is 2.45. The van der Waals surface area contributed by atoms with Crippen LogP contribution in [0.15, 0.2) is 11.6 Å². The van der Waals surface area contributed by atoms with Gasteiger partial charge in [-0.25, -0.2) is 0 Å². The van der Waals surface area contributed by atoms with Crippen molar-refractivity contribution in [3.05, 3.63) is 11.6 Å². The Labute approximate surface area is 80.9 Å². The maximum absolute atomic E-state index is 5.69. The lowest BCUT2D eigenvalue weighted by Gasteiger charge is -2.30. The maximum atomic E-state index is 5.69. The first-order chi connectivity index (χ1) is 6.07. The van der Waals surface area contributed by atoms with E-state index in [4.69, 9.17) is 9.47 Å². The fraction of sp³-hybridized carbons (Fsp3) is 0.818. The smallest absolute Gasteiger partial charge is 0.174 e. The van der Waals surface area contributed by atoms with Gasteiger partial charge in [0.1, 0.15) is 0 Å². The van der Waals surface area contributed by atoms with Crippen LogP contribution in [0.3, 0.4) is 0 Å². The molecule has 2 heteroatoms. The van der Waals surface area contributed by atoms with Crippen molar-refractivity contribution >= 4 is 0 Å². The molecule has 2 nitrogen and oxygen atoms in total. The predicted octanol–water partition coefficient (Wildman–Crippen LogP) is 2.74. The van der Waals surface area contributed by atoms with Crippen molar-refractivity contribution in [2.24, 2.45) is 5.92 Å². The van der Waals surface area contributed by atoms with Crippen LogP contribution in [0.4, 0.5) is 0 Å². The highest BCUT2D eigenvalue weighted by molar-refractivity contribution is 4.97. The SMILES string of the molecule is CC(C)=CCC1(C(C)C)OCCO1. The average Bonchev–Trinajstić information content (AvgIpc) is 2.50. The summed E-state index contributed by atoms with van der Waals surface area (Å²) in [5, 5.41) is 0. The Morgan fingerprint density at radius 1 is 1.31 bits per heavy atom. The van der Waals surface area contributed by atoms with Crippen molar-refractivity contribution < 1.29 is 9.47 Å². The van der Waals surface area contributed by atoms with E-state index >= 15 is 0 Å². The molecule has 1 aliphatic rings. The molecule has 1 aliphatic heterocycles. The van der Waals surface area contributed by atoms with Crippen molar-refractivity contribution in [1.29, 1.82) is 0 Å². The third kappa shape index (κ3) is 2.55. The average molecular weight is 184 g/mol. The Morgan fingerprint density at radius 3 is 2.23 bits per heavy atom. The summed E-state index contributed by atoms with van der Waals surface area (Å²) >= 11 is 0. The Balaban J connectivity index is 2.62. The van der Waals surface area contributed by atoms with Gasteiger partial charge in [0.2, 0.25) is 0 Å². The van der Waals surface area contributed by atoms with E-state index in [0.29, 0.717) is 5.92 Å². The van der Waals surface area contributed by atoms with Gasteiger partial charge in [-0.2, -0.15) is 0 Å². The monoisotopic (exact) mass is 184 g/mol. The summed E-state index contributed by atoms with van der Waals surface area (Å²) in [5.41, 5.74) is 1.32. The van der Waals surface area contributed by atoms with E-state index in [1.807, 2.05) is 0 Å². The fourth-order valence-electron chi connectivity index (χ4n) is 1.50. The highest BCUT2D eigenvalue weighted by Crippen LogP contribution is 2.32. The van der Waals surface area contributed by atoms with Crippen LogP contribution in [0, 0.1) is 5.92 Å². The quantitative estimate of drug-likeness (QED) is 0.628. The number of ether oxygens (including phenoxy) is 2. The Morgan fingerprint density at radius 2 is 1.85 bits per heavy atom. The first-order valence-electron chi connectivity index (χ1n) is 4.98. The van der Waals surface area contributed by atoms with E-state index in [1.165, 1.54) is 5.57 Å². The number of allylic oxidation sites excluding steroid dienone is 1. The van der Waals surface area contributed by atoms with Crippen LogP contribution in [0.2, 0.25) is 0 Å². The van der Waals surface area contributed by atoms with Crippen LogP contribution in [0.25, 0.3) is 0 Å². The zero-order chi connectivity index (χ0) is 9.90. The second kappa shape index (κ2) is 4.25. The fourth-order valence-corrected chi connectivity index (χ4v) is 1.50. The van der Waals surface area contributed by atoms with Gasteiger partial charge in [0, 0.05) is 12.3 Å². The standard InChI is InChI=1S/C11H20O2/c1-9(2)5-6-11(10(3)4)12-7-8-13-11/h5,10H,6-8H2,1-4H3. The van der Waals surface area contributed by atoms with E-state index < -0.39 is 0 Å². The van der Waals surface area contributed by atoms with Gasteiger partial charge in [0.25, 0.3) is 0 Å². The molecule has 0 aromatic carbocycles. The third-order valence-corrected chi connectivity index (χ3v) is 2.45. The minimum absolute atomic E-state index is 0.350. The lowest BCUT2D eigenvalue weighted by atomic mass is 9.98. The van der Waals surface area contributed by atoms with Crippen LogP contribution in [-0.4, -0.2) is 19.0 Å². The van der Waals surface area contributed by atoms with Gasteiger partial charge in [-0.05, 0) is 13.8 Å². The van der Waals surface area contributed by atoms with Crippen LogP contribution in [0.1, 0.15) is 34.1 Å². The van der Waals surface area contributed by atoms with Crippen molar-refractivity contribution in [3.8, 4) is 0 Å². The molecule has 1 fully saturated rings. The van der Waals surface area contributed by atoms with Gasteiger partial charge in [-0.3, -0.25) is 0 Å². The molecule has 0 N–H and O–H groups in total. The summed E-state index contributed by atoms with van der Waals surface area (Å²) in [6.45, 7) is 9.95. The van der Waals surface area contributed by atoms with Crippen molar-refractivity contribution in [3.63, 3.8) is 0 Å². The molecular weight excluding hydrogens is 164 g/mol. The first-order valence-corrected chi connectivity index (χ1v) is 4.98. The molecule has 13 heavy (non-hydrogen) atoms. The van der Waals surface area contributed by atoms with Crippen molar-refractivity contribution in [1.82, 2.24) is 0 Å². The molecular formula is C11H20O2. The molecule has 0 bridgehead atoms. The van der Waals surface area contributed by atoms with E-state index in [0.717, 1.165) is 19.6 Å². The zero-order valence-corrected chi connectivity index (χ0v) is 9.09. The highest BCUT2D eigenvalue weighted by atomic mass is 16.7. The Hall–Kier alpha value is -0.340. The summed E-state index contributed by atoms with van der Waals surface area (Å²) in [5.74, 6) is 0.0580. The van der Waals surface area contributed by atoms with E-state index in [-0.39, 0.29) is 5.79 Å². The molecule has 0 saturated carbocycles. The second-order valence-electron chi connectivity index (χ2n) is 4.15. The van der Waals surface area contributed by atoms with Gasteiger partial charge < -0.3 is 9.47 Å². The van der Waals surface area contributed by atoms with Gasteiger partial charge in [0.15, 0.2) is 5.79 Å². The summed E-state index contributed by atoms with van der Waals surface area (Å²) in [7, 11) is 0. The Bertz CT molecular complexity index is 184. The normalized spacial score (nSPS) is 20.7. The molecule has 76 valence electrons. The van der Waals surface area contributed by atoms with Gasteiger partial charge in [0.05, 0.1) is 13.2 Å². The molecule has 0 radical (unpaired) electrons. The second-order valence-corrected chi connectivity index (χ2v) is 4.15. The van der Waals surface area contributed by atoms with Crippen LogP contribution < -0.4 is 0 Å². The lowest BCUT2D eigenvalue weighted by Crippen LogP contribution is -2.35. The van der Waals surface area contributed by atoms with Crippen LogP contribution >= 0.6 is 0 Å². The molecule has 1 heterocycles.